The van der Waals surface area contributed by atoms with Crippen LogP contribution in [0.1, 0.15) is 5.56 Å². The summed E-state index contributed by atoms with van der Waals surface area (Å²) in [6, 6.07) is 4.75. The quantitative estimate of drug-likeness (QED) is 0.465. The van der Waals surface area contributed by atoms with E-state index in [-0.39, 0.29) is 11.5 Å². The average molecular weight is 373 g/mol. The van der Waals surface area contributed by atoms with Crippen LogP contribution in [0, 0.1) is 17.5 Å². The number of methoxy groups -OCH3 is 1. The molecule has 1 amide bonds. The lowest BCUT2D eigenvalue weighted by Crippen LogP contribution is -2.10. The average Bonchev–Trinajstić information content (AvgIpc) is 2.58. The van der Waals surface area contributed by atoms with Crippen molar-refractivity contribution in [2.24, 2.45) is 0 Å². The lowest BCUT2D eigenvalue weighted by molar-refractivity contribution is -0.111. The summed E-state index contributed by atoms with van der Waals surface area (Å²) in [6.45, 7) is -3.03. The van der Waals surface area contributed by atoms with Gasteiger partial charge in [-0.05, 0) is 23.8 Å². The highest BCUT2D eigenvalue weighted by Crippen LogP contribution is 2.29. The fourth-order valence-electron chi connectivity index (χ4n) is 1.95. The Hall–Kier alpha value is -3.10. The van der Waals surface area contributed by atoms with Gasteiger partial charge < -0.3 is 14.8 Å². The molecule has 2 rings (SSSR count). The topological polar surface area (TPSA) is 47.6 Å². The molecular formula is C17H12F5NO3. The zero-order valence-corrected chi connectivity index (χ0v) is 13.2. The van der Waals surface area contributed by atoms with Crippen molar-refractivity contribution >= 4 is 17.7 Å². The molecule has 1 N–H and O–H groups in total. The third kappa shape index (κ3) is 4.95. The molecule has 0 saturated carbocycles. The Kier molecular flexibility index (Phi) is 6.16. The molecule has 0 atom stereocenters. The van der Waals surface area contributed by atoms with Crippen molar-refractivity contribution in [2.45, 2.75) is 6.61 Å². The van der Waals surface area contributed by atoms with Crippen LogP contribution in [0.15, 0.2) is 36.4 Å². The van der Waals surface area contributed by atoms with Crippen LogP contribution in [0.25, 0.3) is 6.08 Å². The minimum absolute atomic E-state index is 0.0134. The first-order chi connectivity index (χ1) is 12.3. The number of rotatable bonds is 6. The van der Waals surface area contributed by atoms with Crippen molar-refractivity contribution in [1.29, 1.82) is 0 Å². The molecule has 0 saturated heterocycles. The molecule has 2 aromatic carbocycles. The third-order valence-electron chi connectivity index (χ3n) is 3.10. The molecule has 0 radical (unpaired) electrons. The lowest BCUT2D eigenvalue weighted by Gasteiger charge is -2.10. The Morgan fingerprint density at radius 2 is 1.73 bits per heavy atom. The summed E-state index contributed by atoms with van der Waals surface area (Å²) in [5.74, 6) is -4.82. The van der Waals surface area contributed by atoms with Crippen LogP contribution in [-0.2, 0) is 4.79 Å². The van der Waals surface area contributed by atoms with Gasteiger partial charge in [0.2, 0.25) is 5.91 Å². The molecule has 2 aromatic rings. The number of anilines is 1. The molecule has 138 valence electrons. The van der Waals surface area contributed by atoms with Crippen molar-refractivity contribution in [3.8, 4) is 11.5 Å². The number of halogens is 5. The van der Waals surface area contributed by atoms with Crippen molar-refractivity contribution < 1.29 is 36.2 Å². The second-order valence-electron chi connectivity index (χ2n) is 4.86. The van der Waals surface area contributed by atoms with E-state index in [1.807, 2.05) is 0 Å². The number of hydrogen-bond donors (Lipinski definition) is 1. The van der Waals surface area contributed by atoms with Crippen LogP contribution in [0.5, 0.6) is 11.5 Å². The van der Waals surface area contributed by atoms with E-state index in [2.05, 4.69) is 10.1 Å². The summed E-state index contributed by atoms with van der Waals surface area (Å²) in [5.41, 5.74) is -0.138. The standard InChI is InChI=1S/C17H12F5NO3/c1-25-15-6-9(2-4-14(15)26-17(21)22)3-5-16(24)23-13-8-11(19)10(18)7-12(13)20/h2-8,17H,1H3,(H,23,24). The number of alkyl halides is 2. The minimum Gasteiger partial charge on any atom is -0.493 e. The lowest BCUT2D eigenvalue weighted by atomic mass is 10.2. The minimum atomic E-state index is -3.03. The van der Waals surface area contributed by atoms with Gasteiger partial charge in [-0.1, -0.05) is 6.07 Å². The van der Waals surface area contributed by atoms with Crippen LogP contribution in [0.3, 0.4) is 0 Å². The van der Waals surface area contributed by atoms with E-state index in [1.54, 1.807) is 0 Å². The first-order valence-corrected chi connectivity index (χ1v) is 7.06. The molecule has 9 heteroatoms. The van der Waals surface area contributed by atoms with Gasteiger partial charge >= 0.3 is 6.61 Å². The van der Waals surface area contributed by atoms with Gasteiger partial charge in [0, 0.05) is 18.2 Å². The molecule has 0 bridgehead atoms. The number of nitrogens with one attached hydrogen (secondary N) is 1. The first-order valence-electron chi connectivity index (χ1n) is 7.06. The summed E-state index contributed by atoms with van der Waals surface area (Å²) in [6.07, 6.45) is 2.27. The number of carbonyl (C=O) groups excluding carboxylic acids is 1. The van der Waals surface area contributed by atoms with Crippen LogP contribution in [0.4, 0.5) is 27.6 Å². The summed E-state index contributed by atoms with van der Waals surface area (Å²) >= 11 is 0. The second-order valence-corrected chi connectivity index (χ2v) is 4.86. The van der Waals surface area contributed by atoms with E-state index in [4.69, 9.17) is 4.74 Å². The van der Waals surface area contributed by atoms with E-state index in [9.17, 15) is 26.7 Å². The number of amides is 1. The number of ether oxygens (including phenoxy) is 2. The fourth-order valence-corrected chi connectivity index (χ4v) is 1.95. The summed E-state index contributed by atoms with van der Waals surface area (Å²) < 4.78 is 73.1. The van der Waals surface area contributed by atoms with Gasteiger partial charge in [-0.3, -0.25) is 4.79 Å². The fraction of sp³-hybridized carbons (Fsp3) is 0.118. The van der Waals surface area contributed by atoms with E-state index >= 15 is 0 Å². The first kappa shape index (κ1) is 19.2. The van der Waals surface area contributed by atoms with Gasteiger partial charge in [-0.2, -0.15) is 8.78 Å². The van der Waals surface area contributed by atoms with Crippen molar-refractivity contribution in [3.63, 3.8) is 0 Å². The van der Waals surface area contributed by atoms with Crippen molar-refractivity contribution in [3.05, 3.63) is 59.4 Å². The molecule has 4 nitrogen and oxygen atoms in total. The summed E-state index contributed by atoms with van der Waals surface area (Å²) in [5, 5.41) is 2.05. The molecule has 0 aliphatic carbocycles. The molecule has 0 heterocycles. The van der Waals surface area contributed by atoms with Gasteiger partial charge in [-0.15, -0.1) is 0 Å². The van der Waals surface area contributed by atoms with E-state index in [0.717, 1.165) is 6.08 Å². The zero-order valence-electron chi connectivity index (χ0n) is 13.2. The zero-order chi connectivity index (χ0) is 19.3. The van der Waals surface area contributed by atoms with Gasteiger partial charge in [0.15, 0.2) is 23.1 Å². The smallest absolute Gasteiger partial charge is 0.387 e. The molecule has 0 aliphatic rings. The van der Waals surface area contributed by atoms with E-state index in [1.165, 1.54) is 31.4 Å². The summed E-state index contributed by atoms with van der Waals surface area (Å²) in [7, 11) is 1.25. The molecule has 0 fully saturated rings. The molecule has 0 aromatic heterocycles. The van der Waals surface area contributed by atoms with Gasteiger partial charge in [-0.25, -0.2) is 13.2 Å². The number of benzene rings is 2. The SMILES string of the molecule is COc1cc(C=CC(=O)Nc2cc(F)c(F)cc2F)ccc1OC(F)F. The summed E-state index contributed by atoms with van der Waals surface area (Å²) in [4.78, 5) is 11.8. The number of carbonyl (C=O) groups is 1. The van der Waals surface area contributed by atoms with E-state index in [0.29, 0.717) is 17.7 Å². The highest BCUT2D eigenvalue weighted by atomic mass is 19.3. The van der Waals surface area contributed by atoms with Crippen LogP contribution in [-0.4, -0.2) is 19.6 Å². The maximum Gasteiger partial charge on any atom is 0.387 e. The normalized spacial score (nSPS) is 11.0. The van der Waals surface area contributed by atoms with Gasteiger partial charge in [0.25, 0.3) is 0 Å². The van der Waals surface area contributed by atoms with Crippen molar-refractivity contribution in [1.82, 2.24) is 0 Å². The Balaban J connectivity index is 2.11. The Morgan fingerprint density at radius 3 is 2.38 bits per heavy atom. The van der Waals surface area contributed by atoms with Gasteiger partial charge in [0.05, 0.1) is 12.8 Å². The van der Waals surface area contributed by atoms with E-state index < -0.39 is 35.7 Å². The van der Waals surface area contributed by atoms with Crippen molar-refractivity contribution in [2.75, 3.05) is 12.4 Å². The predicted molar refractivity (Wildman–Crippen MR) is 83.6 cm³/mol. The van der Waals surface area contributed by atoms with Crippen LogP contribution in [0.2, 0.25) is 0 Å². The predicted octanol–water partition coefficient (Wildman–Crippen LogP) is 4.37. The molecule has 0 spiro atoms. The van der Waals surface area contributed by atoms with Gasteiger partial charge in [0.1, 0.15) is 5.82 Å². The molecular weight excluding hydrogens is 361 g/mol. The Labute approximate surface area is 144 Å². The number of hydrogen-bond acceptors (Lipinski definition) is 3. The van der Waals surface area contributed by atoms with Crippen LogP contribution < -0.4 is 14.8 Å². The maximum atomic E-state index is 13.5. The third-order valence-corrected chi connectivity index (χ3v) is 3.10. The molecule has 0 aliphatic heterocycles. The second kappa shape index (κ2) is 8.32. The molecule has 26 heavy (non-hydrogen) atoms. The van der Waals surface area contributed by atoms with Crippen LogP contribution >= 0.6 is 0 Å². The maximum absolute atomic E-state index is 13.5. The largest absolute Gasteiger partial charge is 0.493 e. The highest BCUT2D eigenvalue weighted by molar-refractivity contribution is 6.02. The Morgan fingerprint density at radius 1 is 1.04 bits per heavy atom. The highest BCUT2D eigenvalue weighted by Gasteiger charge is 2.12. The molecule has 0 unspecified atom stereocenters. The monoisotopic (exact) mass is 373 g/mol. The Bertz CT molecular complexity index is 839.